The van der Waals surface area contributed by atoms with Gasteiger partial charge in [-0.15, -0.1) is 0 Å². The number of aliphatic hydroxyl groups excluding tert-OH is 1. The second-order valence-corrected chi connectivity index (χ2v) is 6.64. The molecule has 1 saturated carbocycles. The van der Waals surface area contributed by atoms with Gasteiger partial charge in [-0.25, -0.2) is 4.98 Å². The number of hydrogen-bond acceptors (Lipinski definition) is 7. The molecule has 0 saturated heterocycles. The van der Waals surface area contributed by atoms with Crippen molar-refractivity contribution in [2.75, 3.05) is 24.8 Å². The molecular weight excluding hydrogens is 410 g/mol. The van der Waals surface area contributed by atoms with Crippen LogP contribution in [0.25, 0.3) is 5.65 Å². The molecule has 3 aromatic heterocycles. The van der Waals surface area contributed by atoms with Crippen LogP contribution in [0.5, 0.6) is 0 Å². The number of aromatic nitrogens is 4. The summed E-state index contributed by atoms with van der Waals surface area (Å²) in [4.78, 5) is 28.6. The zero-order valence-electron chi connectivity index (χ0n) is 19.5. The number of aryl methyl sites for hydroxylation is 1. The molecule has 10 nitrogen and oxygen atoms in total. The summed E-state index contributed by atoms with van der Waals surface area (Å²) in [5.74, 6) is 1.38. The van der Waals surface area contributed by atoms with Gasteiger partial charge in [-0.05, 0) is 31.9 Å². The molecule has 10 heteroatoms. The minimum absolute atomic E-state index is 0.189. The average molecular weight is 446 g/mol. The van der Waals surface area contributed by atoms with Crippen LogP contribution in [-0.2, 0) is 4.79 Å². The maximum atomic E-state index is 11.7. The zero-order chi connectivity index (χ0) is 23.9. The van der Waals surface area contributed by atoms with E-state index in [2.05, 4.69) is 31.0 Å². The molecule has 1 fully saturated rings. The van der Waals surface area contributed by atoms with Crippen LogP contribution in [0.4, 0.5) is 17.3 Å². The van der Waals surface area contributed by atoms with Crippen LogP contribution in [0.1, 0.15) is 45.1 Å². The van der Waals surface area contributed by atoms with Crippen molar-refractivity contribution >= 4 is 29.4 Å². The first-order valence-corrected chi connectivity index (χ1v) is 10.7. The Hall–Kier alpha value is -3.40. The lowest BCUT2D eigenvalue weighted by atomic mass is 10.3. The van der Waals surface area contributed by atoms with E-state index in [0.29, 0.717) is 17.5 Å². The van der Waals surface area contributed by atoms with Gasteiger partial charge >= 0.3 is 0 Å². The molecule has 0 aliphatic heterocycles. The normalized spacial score (nSPS) is 12.3. The summed E-state index contributed by atoms with van der Waals surface area (Å²) in [6, 6.07) is 5.75. The molecule has 0 unspecified atom stereocenters. The molecule has 4 rings (SSSR count). The van der Waals surface area contributed by atoms with Crippen LogP contribution in [0.3, 0.4) is 0 Å². The van der Waals surface area contributed by atoms with Crippen molar-refractivity contribution < 1.29 is 9.90 Å². The van der Waals surface area contributed by atoms with Crippen LogP contribution in [0.15, 0.2) is 35.4 Å². The quantitative estimate of drug-likeness (QED) is 0.381. The molecule has 0 aromatic carbocycles. The first kappa shape index (κ1) is 26.6. The van der Waals surface area contributed by atoms with Crippen LogP contribution in [0, 0.1) is 6.92 Å². The molecule has 3 heterocycles. The van der Waals surface area contributed by atoms with Crippen LogP contribution < -0.4 is 21.5 Å². The second-order valence-electron chi connectivity index (χ2n) is 6.64. The van der Waals surface area contributed by atoms with E-state index < -0.39 is 0 Å². The molecule has 5 N–H and O–H groups in total. The predicted octanol–water partition coefficient (Wildman–Crippen LogP) is 2.82. The smallest absolute Gasteiger partial charge is 0.271 e. The highest BCUT2D eigenvalue weighted by Crippen LogP contribution is 2.20. The number of pyridine rings is 1. The molecule has 1 aliphatic rings. The highest BCUT2D eigenvalue weighted by atomic mass is 16.2. The predicted molar refractivity (Wildman–Crippen MR) is 129 cm³/mol. The van der Waals surface area contributed by atoms with Gasteiger partial charge in [0.2, 0.25) is 6.41 Å². The number of carbonyl (C=O) groups excluding carboxylic acids is 1. The van der Waals surface area contributed by atoms with Gasteiger partial charge in [0.25, 0.3) is 5.56 Å². The summed E-state index contributed by atoms with van der Waals surface area (Å²) < 4.78 is 1.72. The summed E-state index contributed by atoms with van der Waals surface area (Å²) in [6.07, 6.45) is 9.07. The van der Waals surface area contributed by atoms with Gasteiger partial charge in [0.05, 0.1) is 6.20 Å². The van der Waals surface area contributed by atoms with Crippen molar-refractivity contribution in [1.82, 2.24) is 24.9 Å². The van der Waals surface area contributed by atoms with Crippen molar-refractivity contribution in [3.8, 4) is 0 Å². The van der Waals surface area contributed by atoms with Crippen LogP contribution in [-0.4, -0.2) is 51.3 Å². The molecule has 1 aliphatic carbocycles. The Balaban J connectivity index is 0.000000357. The van der Waals surface area contributed by atoms with E-state index in [-0.39, 0.29) is 5.56 Å². The van der Waals surface area contributed by atoms with E-state index in [1.165, 1.54) is 25.7 Å². The third-order valence-corrected chi connectivity index (χ3v) is 4.64. The van der Waals surface area contributed by atoms with Crippen molar-refractivity contribution in [2.24, 2.45) is 0 Å². The monoisotopic (exact) mass is 445 g/mol. The highest BCUT2D eigenvalue weighted by Gasteiger charge is 2.12. The largest absolute Gasteiger partial charge is 0.400 e. The Bertz CT molecular complexity index is 995. The number of nitrogens with one attached hydrogen (secondary N) is 4. The third-order valence-electron chi connectivity index (χ3n) is 4.64. The number of aliphatic hydroxyl groups is 1. The number of carbonyl (C=O) groups is 1. The molecule has 176 valence electrons. The molecule has 1 amide bonds. The Morgan fingerprint density at radius 3 is 2.53 bits per heavy atom. The lowest BCUT2D eigenvalue weighted by Gasteiger charge is -2.09. The molecule has 3 aromatic rings. The minimum atomic E-state index is -0.189. The molecular formula is C22H35N7O3. The van der Waals surface area contributed by atoms with Gasteiger partial charge in [-0.3, -0.25) is 9.59 Å². The number of hydrogen-bond donors (Lipinski definition) is 5. The summed E-state index contributed by atoms with van der Waals surface area (Å²) in [6.45, 7) is 5.94. The number of nitrogens with zero attached hydrogens (tertiary/aromatic N) is 3. The number of fused-ring (bicyclic) bond motifs is 1. The van der Waals surface area contributed by atoms with Crippen molar-refractivity contribution in [3.05, 3.63) is 46.5 Å². The molecule has 0 bridgehead atoms. The second kappa shape index (κ2) is 14.6. The van der Waals surface area contributed by atoms with E-state index in [1.807, 2.05) is 27.8 Å². The topological polar surface area (TPSA) is 136 Å². The van der Waals surface area contributed by atoms with Gasteiger partial charge in [0, 0.05) is 38.0 Å². The fraction of sp³-hybridized carbons (Fsp3) is 0.455. The van der Waals surface area contributed by atoms with E-state index in [9.17, 15) is 9.59 Å². The van der Waals surface area contributed by atoms with E-state index >= 15 is 0 Å². The number of amides is 1. The Kier molecular flexibility index (Phi) is 12.1. The standard InChI is InChI=1S/C13H14N6O.C6H11NO.C2H6.CH4O/c1-8-7-16-19-11(14-2)6-10(18-12(8)19)17-9-4-3-5-15-13(9)20;8-5-7-6-3-1-2-4-6;2*1-2/h3-7,14H,1-2H3,(H,15,20)(H,17,18);5-6H,1-4H2,(H,7,8);1-2H3;2H,1H3. The third kappa shape index (κ3) is 7.38. The maximum Gasteiger partial charge on any atom is 0.271 e. The summed E-state index contributed by atoms with van der Waals surface area (Å²) in [7, 11) is 2.81. The lowest BCUT2D eigenvalue weighted by Crippen LogP contribution is -2.23. The lowest BCUT2D eigenvalue weighted by molar-refractivity contribution is -0.110. The van der Waals surface area contributed by atoms with E-state index in [0.717, 1.165) is 30.5 Å². The van der Waals surface area contributed by atoms with Gasteiger partial charge in [-0.1, -0.05) is 26.7 Å². The van der Waals surface area contributed by atoms with Crippen molar-refractivity contribution in [3.63, 3.8) is 0 Å². The first-order chi connectivity index (χ1) is 15.6. The Morgan fingerprint density at radius 1 is 1.25 bits per heavy atom. The summed E-state index contributed by atoms with van der Waals surface area (Å²) in [5.41, 5.74) is 1.97. The van der Waals surface area contributed by atoms with Crippen LogP contribution in [0.2, 0.25) is 0 Å². The average Bonchev–Trinajstić information content (AvgIpc) is 3.48. The van der Waals surface area contributed by atoms with Crippen LogP contribution >= 0.6 is 0 Å². The number of anilines is 3. The fourth-order valence-corrected chi connectivity index (χ4v) is 3.16. The molecule has 0 radical (unpaired) electrons. The fourth-order valence-electron chi connectivity index (χ4n) is 3.16. The summed E-state index contributed by atoms with van der Waals surface area (Å²) >= 11 is 0. The number of rotatable bonds is 5. The molecule has 32 heavy (non-hydrogen) atoms. The van der Waals surface area contributed by atoms with E-state index in [1.54, 1.807) is 35.1 Å². The Labute approximate surface area is 188 Å². The highest BCUT2D eigenvalue weighted by molar-refractivity contribution is 5.64. The van der Waals surface area contributed by atoms with Gasteiger partial charge in [-0.2, -0.15) is 9.61 Å². The Morgan fingerprint density at radius 2 is 1.94 bits per heavy atom. The summed E-state index contributed by atoms with van der Waals surface area (Å²) in [5, 5.41) is 20.1. The van der Waals surface area contributed by atoms with Gasteiger partial charge < -0.3 is 26.0 Å². The SMILES string of the molecule is CC.CNc1cc(Nc2ccc[nH]c2=O)nc2c(C)cnn12.CO.O=CNC1CCCC1. The number of aromatic amines is 1. The zero-order valence-corrected chi connectivity index (χ0v) is 19.5. The maximum absolute atomic E-state index is 11.7. The minimum Gasteiger partial charge on any atom is -0.400 e. The number of H-pyrrole nitrogens is 1. The van der Waals surface area contributed by atoms with Gasteiger partial charge in [0.1, 0.15) is 17.3 Å². The first-order valence-electron chi connectivity index (χ1n) is 10.7. The molecule has 0 atom stereocenters. The molecule has 0 spiro atoms. The van der Waals surface area contributed by atoms with Crippen molar-refractivity contribution in [2.45, 2.75) is 52.5 Å². The van der Waals surface area contributed by atoms with Crippen molar-refractivity contribution in [1.29, 1.82) is 0 Å². The van der Waals surface area contributed by atoms with Gasteiger partial charge in [0.15, 0.2) is 5.65 Å². The van der Waals surface area contributed by atoms with E-state index in [4.69, 9.17) is 5.11 Å².